The highest BCUT2D eigenvalue weighted by atomic mass is 35.5. The lowest BCUT2D eigenvalue weighted by molar-refractivity contribution is -0.121. The van der Waals surface area contributed by atoms with Crippen molar-refractivity contribution >= 4 is 18.3 Å². The van der Waals surface area contributed by atoms with Gasteiger partial charge in [-0.15, -0.1) is 12.4 Å². The number of ether oxygens (including phenoxy) is 1. The highest BCUT2D eigenvalue weighted by Gasteiger charge is 2.06. The molecule has 1 amide bonds. The summed E-state index contributed by atoms with van der Waals surface area (Å²) >= 11 is 0. The number of nitrogens with one attached hydrogen (secondary N) is 2. The third-order valence-electron chi connectivity index (χ3n) is 2.41. The third kappa shape index (κ3) is 7.03. The first-order valence-corrected chi connectivity index (χ1v) is 6.29. The number of carbonyl (C=O) groups is 1. The first kappa shape index (κ1) is 17.7. The van der Waals surface area contributed by atoms with Crippen LogP contribution in [-0.2, 0) is 11.3 Å². The monoisotopic (exact) mass is 286 g/mol. The van der Waals surface area contributed by atoms with Crippen LogP contribution in [0, 0.1) is 0 Å². The molecule has 1 aromatic carbocycles. The average molecular weight is 287 g/mol. The molecule has 0 aromatic heterocycles. The Hall–Kier alpha value is -1.26. The summed E-state index contributed by atoms with van der Waals surface area (Å²) in [5.41, 5.74) is 1.00. The second kappa shape index (κ2) is 9.64. The second-order valence-corrected chi connectivity index (χ2v) is 4.40. The summed E-state index contributed by atoms with van der Waals surface area (Å²) in [4.78, 5) is 11.5. The first-order valence-electron chi connectivity index (χ1n) is 6.29. The summed E-state index contributed by atoms with van der Waals surface area (Å²) < 4.78 is 5.70. The predicted molar refractivity (Wildman–Crippen MR) is 79.8 cm³/mol. The van der Waals surface area contributed by atoms with E-state index in [2.05, 4.69) is 10.6 Å². The Balaban J connectivity index is 0.00000324. The van der Waals surface area contributed by atoms with Crippen molar-refractivity contribution in [3.63, 3.8) is 0 Å². The average Bonchev–Trinajstić information content (AvgIpc) is 2.34. The number of carbonyl (C=O) groups excluding carboxylic acids is 1. The Morgan fingerprint density at radius 1 is 1.32 bits per heavy atom. The summed E-state index contributed by atoms with van der Waals surface area (Å²) in [6, 6.07) is 7.78. The lowest BCUT2D eigenvalue weighted by Crippen LogP contribution is -2.26. The van der Waals surface area contributed by atoms with Crippen LogP contribution in [0.25, 0.3) is 0 Å². The number of amides is 1. The van der Waals surface area contributed by atoms with E-state index >= 15 is 0 Å². The summed E-state index contributed by atoms with van der Waals surface area (Å²) in [7, 11) is 1.83. The molecule has 0 saturated heterocycles. The van der Waals surface area contributed by atoms with Gasteiger partial charge in [-0.1, -0.05) is 18.2 Å². The van der Waals surface area contributed by atoms with Gasteiger partial charge in [0.05, 0.1) is 6.10 Å². The van der Waals surface area contributed by atoms with E-state index in [1.54, 1.807) is 0 Å². The maximum atomic E-state index is 11.5. The molecule has 1 rings (SSSR count). The van der Waals surface area contributed by atoms with Crippen LogP contribution >= 0.6 is 12.4 Å². The van der Waals surface area contributed by atoms with Gasteiger partial charge in [0, 0.05) is 25.1 Å². The highest BCUT2D eigenvalue weighted by molar-refractivity contribution is 5.85. The normalized spacial score (nSPS) is 9.89. The molecule has 0 heterocycles. The molecule has 0 atom stereocenters. The van der Waals surface area contributed by atoms with E-state index in [0.29, 0.717) is 19.5 Å². The van der Waals surface area contributed by atoms with Gasteiger partial charge in [-0.25, -0.2) is 0 Å². The smallest absolute Gasteiger partial charge is 0.221 e. The second-order valence-electron chi connectivity index (χ2n) is 4.40. The molecule has 0 unspecified atom stereocenters. The van der Waals surface area contributed by atoms with Crippen molar-refractivity contribution in [2.75, 3.05) is 13.6 Å². The minimum absolute atomic E-state index is 0. The lowest BCUT2D eigenvalue weighted by Gasteiger charge is -2.14. The van der Waals surface area contributed by atoms with Gasteiger partial charge in [-0.2, -0.15) is 0 Å². The molecule has 0 bridgehead atoms. The van der Waals surface area contributed by atoms with Crippen LogP contribution in [0.1, 0.15) is 25.8 Å². The molecule has 19 heavy (non-hydrogen) atoms. The van der Waals surface area contributed by atoms with Gasteiger partial charge in [0.25, 0.3) is 0 Å². The molecule has 0 aliphatic rings. The molecule has 0 radical (unpaired) electrons. The molecule has 2 N–H and O–H groups in total. The number of hydrogen-bond acceptors (Lipinski definition) is 3. The first-order chi connectivity index (χ1) is 8.63. The summed E-state index contributed by atoms with van der Waals surface area (Å²) in [5, 5.41) is 5.84. The van der Waals surface area contributed by atoms with Crippen LogP contribution in [0.3, 0.4) is 0 Å². The molecule has 108 valence electrons. The van der Waals surface area contributed by atoms with Crippen LogP contribution in [0.4, 0.5) is 0 Å². The number of hydrogen-bond donors (Lipinski definition) is 2. The maximum Gasteiger partial charge on any atom is 0.221 e. The third-order valence-corrected chi connectivity index (χ3v) is 2.41. The predicted octanol–water partition coefficient (Wildman–Crippen LogP) is 2.12. The van der Waals surface area contributed by atoms with Crippen molar-refractivity contribution in [2.45, 2.75) is 32.9 Å². The minimum Gasteiger partial charge on any atom is -0.491 e. The quantitative estimate of drug-likeness (QED) is 0.807. The fraction of sp³-hybridized carbons (Fsp3) is 0.500. The van der Waals surface area contributed by atoms with E-state index in [-0.39, 0.29) is 24.4 Å². The van der Waals surface area contributed by atoms with Crippen LogP contribution < -0.4 is 15.4 Å². The van der Waals surface area contributed by atoms with Gasteiger partial charge in [-0.3, -0.25) is 4.79 Å². The Labute approximate surface area is 121 Å². The van der Waals surface area contributed by atoms with E-state index in [1.807, 2.05) is 45.2 Å². The SMILES string of the molecule is CNCCC(=O)NCc1ccccc1OC(C)C.Cl. The molecule has 0 spiro atoms. The molecule has 0 saturated carbocycles. The lowest BCUT2D eigenvalue weighted by atomic mass is 10.2. The minimum atomic E-state index is 0. The van der Waals surface area contributed by atoms with E-state index in [9.17, 15) is 4.79 Å². The molecular weight excluding hydrogens is 264 g/mol. The molecular formula is C14H23ClN2O2. The van der Waals surface area contributed by atoms with Crippen molar-refractivity contribution in [2.24, 2.45) is 0 Å². The fourth-order valence-corrected chi connectivity index (χ4v) is 1.54. The topological polar surface area (TPSA) is 50.4 Å². The van der Waals surface area contributed by atoms with Crippen LogP contribution in [0.15, 0.2) is 24.3 Å². The zero-order valence-electron chi connectivity index (χ0n) is 11.7. The largest absolute Gasteiger partial charge is 0.491 e. The van der Waals surface area contributed by atoms with Crippen LogP contribution in [0.2, 0.25) is 0 Å². The number of benzene rings is 1. The van der Waals surface area contributed by atoms with Gasteiger partial charge >= 0.3 is 0 Å². The van der Waals surface area contributed by atoms with Crippen molar-refractivity contribution < 1.29 is 9.53 Å². The van der Waals surface area contributed by atoms with Gasteiger partial charge in [0.2, 0.25) is 5.91 Å². The van der Waals surface area contributed by atoms with E-state index in [1.165, 1.54) is 0 Å². The zero-order chi connectivity index (χ0) is 13.4. The Morgan fingerprint density at radius 2 is 2.00 bits per heavy atom. The fourth-order valence-electron chi connectivity index (χ4n) is 1.54. The molecule has 1 aromatic rings. The van der Waals surface area contributed by atoms with Crippen molar-refractivity contribution in [3.8, 4) is 5.75 Å². The van der Waals surface area contributed by atoms with Crippen molar-refractivity contribution in [1.29, 1.82) is 0 Å². The number of para-hydroxylation sites is 1. The van der Waals surface area contributed by atoms with Gasteiger partial charge in [0.1, 0.15) is 5.75 Å². The molecule has 0 aliphatic carbocycles. The Kier molecular flexibility index (Phi) is 9.00. The van der Waals surface area contributed by atoms with Crippen LogP contribution in [0.5, 0.6) is 5.75 Å². The molecule has 4 nitrogen and oxygen atoms in total. The molecule has 5 heteroatoms. The summed E-state index contributed by atoms with van der Waals surface area (Å²) in [6.45, 7) is 5.17. The van der Waals surface area contributed by atoms with Gasteiger partial charge < -0.3 is 15.4 Å². The number of rotatable bonds is 7. The van der Waals surface area contributed by atoms with E-state index in [0.717, 1.165) is 11.3 Å². The standard InChI is InChI=1S/C14H22N2O2.ClH/c1-11(2)18-13-7-5-4-6-12(13)10-16-14(17)8-9-15-3;/h4-7,11,15H,8-10H2,1-3H3,(H,16,17);1H. The number of halogens is 1. The van der Waals surface area contributed by atoms with E-state index < -0.39 is 0 Å². The van der Waals surface area contributed by atoms with Crippen molar-refractivity contribution in [3.05, 3.63) is 29.8 Å². The Bertz CT molecular complexity index is 383. The van der Waals surface area contributed by atoms with Crippen LogP contribution in [-0.4, -0.2) is 25.6 Å². The van der Waals surface area contributed by atoms with Gasteiger partial charge in [0.15, 0.2) is 0 Å². The zero-order valence-corrected chi connectivity index (χ0v) is 12.5. The maximum absolute atomic E-state index is 11.5. The van der Waals surface area contributed by atoms with Crippen molar-refractivity contribution in [1.82, 2.24) is 10.6 Å². The summed E-state index contributed by atoms with van der Waals surface area (Å²) in [6.07, 6.45) is 0.620. The summed E-state index contributed by atoms with van der Waals surface area (Å²) in [5.74, 6) is 0.880. The molecule has 0 fully saturated rings. The molecule has 0 aliphatic heterocycles. The Morgan fingerprint density at radius 3 is 2.63 bits per heavy atom. The highest BCUT2D eigenvalue weighted by Crippen LogP contribution is 2.18. The van der Waals surface area contributed by atoms with Gasteiger partial charge in [-0.05, 0) is 27.0 Å². The van der Waals surface area contributed by atoms with E-state index in [4.69, 9.17) is 4.74 Å².